The van der Waals surface area contributed by atoms with Crippen molar-refractivity contribution in [2.75, 3.05) is 6.61 Å². The van der Waals surface area contributed by atoms with Crippen LogP contribution in [0.25, 0.3) is 0 Å². The van der Waals surface area contributed by atoms with E-state index in [9.17, 15) is 9.18 Å². The van der Waals surface area contributed by atoms with Gasteiger partial charge in [0.2, 0.25) is 5.91 Å². The Balaban J connectivity index is 0.00000242. The maximum atomic E-state index is 13.3. The number of hydrogen-bond acceptors (Lipinski definition) is 2. The molecule has 0 unspecified atom stereocenters. The summed E-state index contributed by atoms with van der Waals surface area (Å²) in [7, 11) is 0. The van der Waals surface area contributed by atoms with Gasteiger partial charge >= 0.3 is 0 Å². The number of amides is 1. The molecule has 1 aromatic rings. The fraction of sp³-hybridized carbons (Fsp3) is 0.471. The minimum absolute atomic E-state index is 0. The molecule has 2 rings (SSSR count). The predicted molar refractivity (Wildman–Crippen MR) is 82.9 cm³/mol. The summed E-state index contributed by atoms with van der Waals surface area (Å²) in [5, 5.41) is 2.86. The highest BCUT2D eigenvalue weighted by atomic mass is 19.1. The highest BCUT2D eigenvalue weighted by Gasteiger charge is 2.30. The average Bonchev–Trinajstić information content (AvgIpc) is 2.40. The van der Waals surface area contributed by atoms with E-state index in [1.54, 1.807) is 6.07 Å². The van der Waals surface area contributed by atoms with E-state index in [1.807, 2.05) is 0 Å². The molecule has 3 nitrogen and oxygen atoms in total. The fourth-order valence-corrected chi connectivity index (χ4v) is 2.57. The van der Waals surface area contributed by atoms with Gasteiger partial charge in [-0.1, -0.05) is 26.5 Å². The fourth-order valence-electron chi connectivity index (χ4n) is 2.57. The lowest BCUT2D eigenvalue weighted by molar-refractivity contribution is -0.118. The van der Waals surface area contributed by atoms with Crippen molar-refractivity contribution >= 4 is 5.91 Å². The van der Waals surface area contributed by atoms with Crippen LogP contribution < -0.4 is 10.1 Å². The first-order valence-corrected chi connectivity index (χ1v) is 7.34. The van der Waals surface area contributed by atoms with E-state index >= 15 is 0 Å². The van der Waals surface area contributed by atoms with E-state index in [-0.39, 0.29) is 19.2 Å². The van der Waals surface area contributed by atoms with Crippen LogP contribution in [0.5, 0.6) is 5.75 Å². The monoisotopic (exact) mass is 293 g/mol. The van der Waals surface area contributed by atoms with Crippen LogP contribution in [0, 0.1) is 11.7 Å². The third-order valence-electron chi connectivity index (χ3n) is 3.84. The van der Waals surface area contributed by atoms with Crippen molar-refractivity contribution in [2.45, 2.75) is 38.6 Å². The Labute approximate surface area is 126 Å². The minimum atomic E-state index is -0.279. The van der Waals surface area contributed by atoms with Crippen LogP contribution in [-0.2, 0) is 4.79 Å². The zero-order chi connectivity index (χ0) is 15.4. The number of benzene rings is 1. The zero-order valence-corrected chi connectivity index (χ0v) is 12.6. The van der Waals surface area contributed by atoms with Crippen molar-refractivity contribution in [3.63, 3.8) is 0 Å². The molecular weight excluding hydrogens is 269 g/mol. The molecule has 0 aliphatic heterocycles. The number of carbonyl (C=O) groups excluding carboxylic acids is 1. The largest absolute Gasteiger partial charge is 0.493 e. The molecule has 0 spiro atoms. The van der Waals surface area contributed by atoms with Gasteiger partial charge in [-0.15, -0.1) is 0 Å². The van der Waals surface area contributed by atoms with Gasteiger partial charge in [0.15, 0.2) is 0 Å². The maximum absolute atomic E-state index is 13.3. The van der Waals surface area contributed by atoms with Gasteiger partial charge in [0.1, 0.15) is 11.6 Å². The first kappa shape index (κ1) is 15.5. The van der Waals surface area contributed by atoms with E-state index in [2.05, 4.69) is 25.7 Å². The molecular formula is C17H24FNO2. The minimum Gasteiger partial charge on any atom is -0.493 e. The van der Waals surface area contributed by atoms with Crippen LogP contribution in [0.2, 0.25) is 0 Å². The van der Waals surface area contributed by atoms with Gasteiger partial charge in [-0.25, -0.2) is 4.39 Å². The van der Waals surface area contributed by atoms with E-state index in [0.29, 0.717) is 24.2 Å². The Morgan fingerprint density at radius 1 is 1.57 bits per heavy atom. The molecule has 21 heavy (non-hydrogen) atoms. The lowest BCUT2D eigenvalue weighted by Crippen LogP contribution is -2.45. The number of nitrogens with one attached hydrogen (secondary N) is 1. The quantitative estimate of drug-likeness (QED) is 0.813. The van der Waals surface area contributed by atoms with E-state index in [0.717, 1.165) is 18.4 Å². The molecule has 4 heteroatoms. The molecule has 1 aromatic carbocycles. The van der Waals surface area contributed by atoms with E-state index < -0.39 is 0 Å². The first-order valence-electron chi connectivity index (χ1n) is 7.34. The molecule has 0 saturated heterocycles. The first-order chi connectivity index (χ1) is 9.99. The number of ether oxygens (including phenoxy) is 1. The van der Waals surface area contributed by atoms with Crippen molar-refractivity contribution < 1.29 is 15.3 Å². The predicted octanol–water partition coefficient (Wildman–Crippen LogP) is 3.65. The normalized spacial score (nSPS) is 20.8. The number of rotatable bonds is 6. The zero-order valence-electron chi connectivity index (χ0n) is 12.6. The number of halogens is 1. The van der Waals surface area contributed by atoms with Crippen molar-refractivity contribution in [3.05, 3.63) is 42.2 Å². The Kier molecular flexibility index (Phi) is 4.99. The van der Waals surface area contributed by atoms with E-state index in [4.69, 9.17) is 4.74 Å². The third-order valence-corrected chi connectivity index (χ3v) is 3.84. The average molecular weight is 293 g/mol. The van der Waals surface area contributed by atoms with Gasteiger partial charge in [-0.05, 0) is 42.4 Å². The van der Waals surface area contributed by atoms with Gasteiger partial charge in [0, 0.05) is 13.5 Å². The van der Waals surface area contributed by atoms with Gasteiger partial charge in [-0.3, -0.25) is 4.79 Å². The molecule has 1 fully saturated rings. The highest BCUT2D eigenvalue weighted by molar-refractivity contribution is 5.87. The Hall–Kier alpha value is -1.84. The van der Waals surface area contributed by atoms with Gasteiger partial charge in [-0.2, -0.15) is 0 Å². The third kappa shape index (κ3) is 4.06. The summed E-state index contributed by atoms with van der Waals surface area (Å²) in [6.07, 6.45) is 3.07. The SMILES string of the molecule is C=CC(=O)NC1CC(COc2cc(F)ccc2C(C)C)C1.[HH]. The summed E-state index contributed by atoms with van der Waals surface area (Å²) in [6.45, 7) is 8.11. The molecule has 1 N–H and O–H groups in total. The second-order valence-corrected chi connectivity index (χ2v) is 5.89. The summed E-state index contributed by atoms with van der Waals surface area (Å²) in [5.74, 6) is 0.916. The molecule has 1 saturated carbocycles. The summed E-state index contributed by atoms with van der Waals surface area (Å²) in [5.41, 5.74) is 1.02. The summed E-state index contributed by atoms with van der Waals surface area (Å²) < 4.78 is 19.1. The van der Waals surface area contributed by atoms with Crippen LogP contribution in [0.4, 0.5) is 4.39 Å². The standard InChI is InChI=1S/C17H22FNO2.H2/c1-4-17(20)19-14-7-12(8-14)10-21-16-9-13(18)5-6-15(16)11(2)3;/h4-6,9,11-12,14H,1,7-8,10H2,2-3H3,(H,19,20);1H. The van der Waals surface area contributed by atoms with Crippen LogP contribution in [-0.4, -0.2) is 18.6 Å². The van der Waals surface area contributed by atoms with Gasteiger partial charge < -0.3 is 10.1 Å². The number of carbonyl (C=O) groups is 1. The smallest absolute Gasteiger partial charge is 0.243 e. The van der Waals surface area contributed by atoms with Crippen LogP contribution in [0.15, 0.2) is 30.9 Å². The molecule has 116 valence electrons. The highest BCUT2D eigenvalue weighted by Crippen LogP contribution is 2.31. The van der Waals surface area contributed by atoms with E-state index in [1.165, 1.54) is 18.2 Å². The molecule has 1 aliphatic carbocycles. The maximum Gasteiger partial charge on any atom is 0.243 e. The molecule has 0 atom stereocenters. The number of hydrogen-bond donors (Lipinski definition) is 1. The molecule has 0 heterocycles. The van der Waals surface area contributed by atoms with Crippen LogP contribution in [0.3, 0.4) is 0 Å². The molecule has 0 radical (unpaired) electrons. The Morgan fingerprint density at radius 2 is 2.29 bits per heavy atom. The Bertz CT molecular complexity index is 527. The second kappa shape index (κ2) is 6.74. The topological polar surface area (TPSA) is 38.3 Å². The summed E-state index contributed by atoms with van der Waals surface area (Å²) in [6, 6.07) is 4.90. The van der Waals surface area contributed by atoms with Crippen molar-refractivity contribution in [1.29, 1.82) is 0 Å². The van der Waals surface area contributed by atoms with Crippen molar-refractivity contribution in [1.82, 2.24) is 5.32 Å². The van der Waals surface area contributed by atoms with Gasteiger partial charge in [0.25, 0.3) is 0 Å². The molecule has 1 amide bonds. The van der Waals surface area contributed by atoms with Crippen LogP contribution in [0.1, 0.15) is 39.6 Å². The molecule has 0 aromatic heterocycles. The van der Waals surface area contributed by atoms with Crippen molar-refractivity contribution in [2.24, 2.45) is 5.92 Å². The Morgan fingerprint density at radius 3 is 2.90 bits per heavy atom. The van der Waals surface area contributed by atoms with Crippen molar-refractivity contribution in [3.8, 4) is 5.75 Å². The lowest BCUT2D eigenvalue weighted by atomic mass is 9.81. The molecule has 1 aliphatic rings. The van der Waals surface area contributed by atoms with Gasteiger partial charge in [0.05, 0.1) is 6.61 Å². The molecule has 0 bridgehead atoms. The second-order valence-electron chi connectivity index (χ2n) is 5.89. The summed E-state index contributed by atoms with van der Waals surface area (Å²) >= 11 is 0. The lowest BCUT2D eigenvalue weighted by Gasteiger charge is -2.35. The summed E-state index contributed by atoms with van der Waals surface area (Å²) in [4.78, 5) is 11.2. The van der Waals surface area contributed by atoms with Crippen LogP contribution >= 0.6 is 0 Å².